The van der Waals surface area contributed by atoms with E-state index in [4.69, 9.17) is 0 Å². The molecule has 3 aromatic rings. The predicted molar refractivity (Wildman–Crippen MR) is 124 cm³/mol. The Labute approximate surface area is 202 Å². The maximum atomic E-state index is 12.2. The fourth-order valence-electron chi connectivity index (χ4n) is 3.24. The van der Waals surface area contributed by atoms with Gasteiger partial charge < -0.3 is 15.4 Å². The summed E-state index contributed by atoms with van der Waals surface area (Å²) >= 11 is 0. The van der Waals surface area contributed by atoms with Crippen LogP contribution >= 0.6 is 0 Å². The molecule has 35 heavy (non-hydrogen) atoms. The third-order valence-corrected chi connectivity index (χ3v) is 4.88. The van der Waals surface area contributed by atoms with Crippen LogP contribution in [-0.4, -0.2) is 67.3 Å². The van der Waals surface area contributed by atoms with Crippen molar-refractivity contribution in [1.82, 2.24) is 40.5 Å². The first-order valence-electron chi connectivity index (χ1n) is 11.0. The van der Waals surface area contributed by atoms with Gasteiger partial charge in [0.2, 0.25) is 11.8 Å². The highest BCUT2D eigenvalue weighted by Gasteiger charge is 2.17. The Bertz CT molecular complexity index is 1070. The van der Waals surface area contributed by atoms with E-state index in [0.29, 0.717) is 25.3 Å². The van der Waals surface area contributed by atoms with Crippen molar-refractivity contribution >= 4 is 17.8 Å². The van der Waals surface area contributed by atoms with Crippen molar-refractivity contribution in [3.05, 3.63) is 72.1 Å². The average Bonchev–Trinajstić information content (AvgIpc) is 3.29. The molecule has 12 heteroatoms. The Balaban J connectivity index is 1.53. The van der Waals surface area contributed by atoms with E-state index in [1.54, 1.807) is 18.6 Å². The minimum absolute atomic E-state index is 0.104. The number of carbonyl (C=O) groups excluding carboxylic acids is 3. The van der Waals surface area contributed by atoms with Crippen molar-refractivity contribution in [2.45, 2.75) is 39.1 Å². The maximum absolute atomic E-state index is 12.2. The molecule has 12 nitrogen and oxygen atoms in total. The van der Waals surface area contributed by atoms with Crippen LogP contribution in [0.1, 0.15) is 24.0 Å². The van der Waals surface area contributed by atoms with E-state index in [-0.39, 0.29) is 13.1 Å². The first-order valence-corrected chi connectivity index (χ1v) is 11.0. The largest absolute Gasteiger partial charge is 0.467 e. The molecule has 3 aromatic heterocycles. The fourth-order valence-corrected chi connectivity index (χ4v) is 3.24. The number of hydrogen-bond donors (Lipinski definition) is 2. The Morgan fingerprint density at radius 2 is 1.60 bits per heavy atom. The normalized spacial score (nSPS) is 11.6. The highest BCUT2D eigenvalue weighted by molar-refractivity contribution is 5.88. The van der Waals surface area contributed by atoms with Gasteiger partial charge in [-0.15, -0.1) is 5.10 Å². The van der Waals surface area contributed by atoms with Crippen LogP contribution in [0.15, 0.2) is 55.0 Å². The van der Waals surface area contributed by atoms with E-state index in [0.717, 1.165) is 11.4 Å². The van der Waals surface area contributed by atoms with Crippen LogP contribution in [0.2, 0.25) is 0 Å². The lowest BCUT2D eigenvalue weighted by Crippen LogP contribution is -2.44. The molecule has 3 heterocycles. The fraction of sp³-hybridized carbons (Fsp3) is 0.348. The highest BCUT2D eigenvalue weighted by atomic mass is 16.5. The van der Waals surface area contributed by atoms with Gasteiger partial charge >= 0.3 is 5.97 Å². The summed E-state index contributed by atoms with van der Waals surface area (Å²) in [6.45, 7) is 2.76. The second-order valence-corrected chi connectivity index (χ2v) is 7.78. The summed E-state index contributed by atoms with van der Waals surface area (Å²) < 4.78 is 5.95. The number of aromatic nitrogens is 5. The van der Waals surface area contributed by atoms with Crippen LogP contribution in [0.5, 0.6) is 0 Å². The zero-order chi connectivity index (χ0) is 25.0. The van der Waals surface area contributed by atoms with Crippen molar-refractivity contribution < 1.29 is 19.1 Å². The molecule has 2 N–H and O–H groups in total. The van der Waals surface area contributed by atoms with Crippen LogP contribution in [0.4, 0.5) is 0 Å². The van der Waals surface area contributed by atoms with Gasteiger partial charge in [-0.3, -0.25) is 24.5 Å². The van der Waals surface area contributed by atoms with Gasteiger partial charge in [-0.05, 0) is 31.2 Å². The lowest BCUT2D eigenvalue weighted by atomic mass is 10.2. The van der Waals surface area contributed by atoms with Crippen molar-refractivity contribution in [3.63, 3.8) is 0 Å². The topological polar surface area (TPSA) is 144 Å². The Morgan fingerprint density at radius 1 is 0.971 bits per heavy atom. The van der Waals surface area contributed by atoms with Crippen LogP contribution in [-0.2, 0) is 45.3 Å². The van der Waals surface area contributed by atoms with Crippen molar-refractivity contribution in [1.29, 1.82) is 0 Å². The summed E-state index contributed by atoms with van der Waals surface area (Å²) in [7, 11) is 1.23. The Hall–Kier alpha value is -4.19. The summed E-state index contributed by atoms with van der Waals surface area (Å²) in [5, 5.41) is 13.1. The first-order chi connectivity index (χ1) is 16.9. The van der Waals surface area contributed by atoms with Crippen LogP contribution in [0.25, 0.3) is 0 Å². The second kappa shape index (κ2) is 12.9. The van der Waals surface area contributed by atoms with Gasteiger partial charge in [0.15, 0.2) is 0 Å². The summed E-state index contributed by atoms with van der Waals surface area (Å²) in [6.07, 6.45) is 5.18. The number of methoxy groups -OCH3 is 1. The van der Waals surface area contributed by atoms with Gasteiger partial charge in [-0.1, -0.05) is 17.3 Å². The first kappa shape index (κ1) is 25.4. The SMILES string of the molecule is COC(=O)C(C)NC(=O)CNC(=O)Cn1cc(CN(Cc2ccccn2)Cc2ccccn2)nn1. The van der Waals surface area contributed by atoms with E-state index >= 15 is 0 Å². The zero-order valence-electron chi connectivity index (χ0n) is 19.6. The van der Waals surface area contributed by atoms with Crippen LogP contribution in [0.3, 0.4) is 0 Å². The van der Waals surface area contributed by atoms with Crippen LogP contribution < -0.4 is 10.6 Å². The molecule has 184 valence electrons. The number of amides is 2. The minimum Gasteiger partial charge on any atom is -0.467 e. The van der Waals surface area contributed by atoms with Gasteiger partial charge in [0, 0.05) is 32.0 Å². The third-order valence-electron chi connectivity index (χ3n) is 4.88. The molecule has 0 bridgehead atoms. The quantitative estimate of drug-likeness (QED) is 0.344. The summed E-state index contributed by atoms with van der Waals surface area (Å²) in [5.41, 5.74) is 2.50. The number of rotatable bonds is 12. The number of nitrogens with zero attached hydrogens (tertiary/aromatic N) is 6. The summed E-state index contributed by atoms with van der Waals surface area (Å²) in [4.78, 5) is 46.4. The zero-order valence-corrected chi connectivity index (χ0v) is 19.6. The number of nitrogens with one attached hydrogen (secondary N) is 2. The summed E-state index contributed by atoms with van der Waals surface area (Å²) in [6, 6.07) is 10.7. The molecule has 1 atom stereocenters. The number of ether oxygens (including phenoxy) is 1. The molecule has 2 amide bonds. The van der Waals surface area contributed by atoms with E-state index < -0.39 is 23.8 Å². The number of hydrogen-bond acceptors (Lipinski definition) is 9. The average molecular weight is 481 g/mol. The number of carbonyl (C=O) groups is 3. The summed E-state index contributed by atoms with van der Waals surface area (Å²) in [5.74, 6) is -1.49. The smallest absolute Gasteiger partial charge is 0.328 e. The Morgan fingerprint density at radius 3 is 2.17 bits per heavy atom. The molecule has 0 aromatic carbocycles. The molecule has 0 aliphatic heterocycles. The van der Waals surface area contributed by atoms with Crippen molar-refractivity contribution in [2.24, 2.45) is 0 Å². The number of esters is 1. The molecule has 0 aliphatic carbocycles. The van der Waals surface area contributed by atoms with Crippen molar-refractivity contribution in [3.8, 4) is 0 Å². The number of pyridine rings is 2. The molecule has 1 unspecified atom stereocenters. The molecular weight excluding hydrogens is 452 g/mol. The maximum Gasteiger partial charge on any atom is 0.328 e. The second-order valence-electron chi connectivity index (χ2n) is 7.78. The molecule has 3 rings (SSSR count). The highest BCUT2D eigenvalue weighted by Crippen LogP contribution is 2.10. The molecule has 0 aliphatic rings. The van der Waals surface area contributed by atoms with E-state index in [2.05, 4.69) is 40.6 Å². The molecule has 0 radical (unpaired) electrons. The molecule has 0 fully saturated rings. The van der Waals surface area contributed by atoms with Gasteiger partial charge in [0.05, 0.1) is 36.9 Å². The van der Waals surface area contributed by atoms with Gasteiger partial charge in [0.1, 0.15) is 12.6 Å². The lowest BCUT2D eigenvalue weighted by Gasteiger charge is -2.20. The van der Waals surface area contributed by atoms with E-state index in [1.807, 2.05) is 36.4 Å². The molecule has 0 saturated heterocycles. The monoisotopic (exact) mass is 480 g/mol. The van der Waals surface area contributed by atoms with Crippen molar-refractivity contribution in [2.75, 3.05) is 13.7 Å². The van der Waals surface area contributed by atoms with Crippen LogP contribution in [0, 0.1) is 0 Å². The van der Waals surface area contributed by atoms with Gasteiger partial charge in [-0.2, -0.15) is 0 Å². The van der Waals surface area contributed by atoms with E-state index in [9.17, 15) is 14.4 Å². The lowest BCUT2D eigenvalue weighted by molar-refractivity contribution is -0.144. The molecular formula is C23H28N8O4. The standard InChI is InChI=1S/C23H28N8O4/c1-17(23(34)35-2)27-21(32)11-26-22(33)16-31-15-20(28-29-31)14-30(12-18-7-3-5-9-24-18)13-19-8-4-6-10-25-19/h3-10,15,17H,11-14,16H2,1-2H3,(H,26,33)(H,27,32). The molecule has 0 spiro atoms. The third kappa shape index (κ3) is 8.59. The Kier molecular flexibility index (Phi) is 9.37. The predicted octanol–water partition coefficient (Wildman–Crippen LogP) is 0.0644. The van der Waals surface area contributed by atoms with Gasteiger partial charge in [0.25, 0.3) is 0 Å². The minimum atomic E-state index is -0.803. The van der Waals surface area contributed by atoms with Gasteiger partial charge in [-0.25, -0.2) is 9.48 Å². The molecule has 0 saturated carbocycles. The van der Waals surface area contributed by atoms with E-state index in [1.165, 1.54) is 18.7 Å².